The van der Waals surface area contributed by atoms with Crippen molar-refractivity contribution in [3.63, 3.8) is 0 Å². The highest BCUT2D eigenvalue weighted by Gasteiger charge is 2.13. The van der Waals surface area contributed by atoms with Gasteiger partial charge < -0.3 is 9.67 Å². The fourth-order valence-corrected chi connectivity index (χ4v) is 3.04. The predicted molar refractivity (Wildman–Crippen MR) is 107 cm³/mol. The van der Waals surface area contributed by atoms with Gasteiger partial charge in [0.1, 0.15) is 5.82 Å². The summed E-state index contributed by atoms with van der Waals surface area (Å²) >= 11 is 6.33. The summed E-state index contributed by atoms with van der Waals surface area (Å²) in [6.07, 6.45) is 8.92. The lowest BCUT2D eigenvalue weighted by molar-refractivity contribution is -0.132. The summed E-state index contributed by atoms with van der Waals surface area (Å²) in [6, 6.07) is 7.74. The van der Waals surface area contributed by atoms with Gasteiger partial charge in [0, 0.05) is 17.0 Å². The second kappa shape index (κ2) is 10.2. The van der Waals surface area contributed by atoms with Gasteiger partial charge >= 0.3 is 5.97 Å². The van der Waals surface area contributed by atoms with Crippen LogP contribution in [0.3, 0.4) is 0 Å². The highest BCUT2D eigenvalue weighted by Crippen LogP contribution is 2.21. The summed E-state index contributed by atoms with van der Waals surface area (Å²) in [4.78, 5) is 16.1. The van der Waals surface area contributed by atoms with Crippen LogP contribution in [0.15, 0.2) is 36.0 Å². The monoisotopic (exact) mass is 374 g/mol. The molecule has 1 heterocycles. The Labute approximate surface area is 160 Å². The molecule has 0 unspecified atom stereocenters. The van der Waals surface area contributed by atoms with Crippen molar-refractivity contribution in [2.75, 3.05) is 0 Å². The average molecular weight is 375 g/mol. The number of nitrogens with zero attached hydrogens (tertiary/aromatic N) is 2. The van der Waals surface area contributed by atoms with E-state index in [4.69, 9.17) is 11.6 Å². The zero-order chi connectivity index (χ0) is 18.9. The maximum atomic E-state index is 11.6. The molecular weight excluding hydrogens is 348 g/mol. The highest BCUT2D eigenvalue weighted by atomic mass is 35.5. The van der Waals surface area contributed by atoms with Gasteiger partial charge in [-0.1, -0.05) is 56.5 Å². The Bertz CT molecular complexity index is 765. The number of halogens is 1. The number of hydrogen-bond acceptors (Lipinski definition) is 2. The number of hydrogen-bond donors (Lipinski definition) is 1. The molecular formula is C21H27ClN2O2. The van der Waals surface area contributed by atoms with Gasteiger partial charge in [-0.3, -0.25) is 0 Å². The van der Waals surface area contributed by atoms with Gasteiger partial charge in [0.25, 0.3) is 0 Å². The van der Waals surface area contributed by atoms with Crippen LogP contribution in [0.2, 0.25) is 5.02 Å². The van der Waals surface area contributed by atoms with Gasteiger partial charge in [0.2, 0.25) is 0 Å². The number of aromatic nitrogens is 2. The van der Waals surface area contributed by atoms with Gasteiger partial charge in [-0.2, -0.15) is 0 Å². The third-order valence-corrected chi connectivity index (χ3v) is 4.77. The smallest absolute Gasteiger partial charge is 0.331 e. The van der Waals surface area contributed by atoms with Gasteiger partial charge in [0.05, 0.1) is 18.4 Å². The molecule has 0 atom stereocenters. The van der Waals surface area contributed by atoms with E-state index in [2.05, 4.69) is 23.4 Å². The minimum Gasteiger partial charge on any atom is -0.478 e. The lowest BCUT2D eigenvalue weighted by Crippen LogP contribution is -2.09. The Hall–Kier alpha value is -2.07. The third-order valence-electron chi connectivity index (χ3n) is 4.41. The Morgan fingerprint density at radius 2 is 1.96 bits per heavy atom. The molecule has 0 aliphatic rings. The number of carboxylic acid groups (broad SMARTS) is 1. The van der Waals surface area contributed by atoms with Gasteiger partial charge in [-0.15, -0.1) is 0 Å². The molecule has 5 heteroatoms. The lowest BCUT2D eigenvalue weighted by Gasteiger charge is -2.12. The summed E-state index contributed by atoms with van der Waals surface area (Å²) in [5.74, 6) is 0.109. The fraction of sp³-hybridized carbons (Fsp3) is 0.429. The Morgan fingerprint density at radius 3 is 2.62 bits per heavy atom. The lowest BCUT2D eigenvalue weighted by atomic mass is 10.1. The van der Waals surface area contributed by atoms with Crippen LogP contribution in [0.25, 0.3) is 6.08 Å². The van der Waals surface area contributed by atoms with Crippen LogP contribution in [0.5, 0.6) is 0 Å². The zero-order valence-corrected chi connectivity index (χ0v) is 16.3. The van der Waals surface area contributed by atoms with Crippen LogP contribution >= 0.6 is 11.6 Å². The largest absolute Gasteiger partial charge is 0.478 e. The fourth-order valence-electron chi connectivity index (χ4n) is 2.84. The van der Waals surface area contributed by atoms with Crippen molar-refractivity contribution in [3.8, 4) is 0 Å². The molecule has 1 aromatic heterocycles. The molecule has 0 spiro atoms. The summed E-state index contributed by atoms with van der Waals surface area (Å²) in [5, 5.41) is 10.2. The molecule has 140 valence electrons. The van der Waals surface area contributed by atoms with E-state index in [1.165, 1.54) is 0 Å². The zero-order valence-electron chi connectivity index (χ0n) is 15.5. The van der Waals surface area contributed by atoms with Crippen molar-refractivity contribution in [2.45, 2.75) is 58.9 Å². The van der Waals surface area contributed by atoms with Crippen LogP contribution in [0.4, 0.5) is 0 Å². The predicted octanol–water partition coefficient (Wildman–Crippen LogP) is 5.59. The van der Waals surface area contributed by atoms with Crippen LogP contribution < -0.4 is 0 Å². The average Bonchev–Trinajstić information content (AvgIpc) is 3.00. The number of rotatable bonds is 10. The summed E-state index contributed by atoms with van der Waals surface area (Å²) in [7, 11) is 0. The Kier molecular flexibility index (Phi) is 7.92. The number of carboxylic acids is 1. The number of aliphatic carboxylic acids is 1. The molecule has 0 aliphatic heterocycles. The van der Waals surface area contributed by atoms with Crippen molar-refractivity contribution in [3.05, 3.63) is 58.1 Å². The number of carbonyl (C=O) groups is 1. The van der Waals surface area contributed by atoms with Gasteiger partial charge in [-0.25, -0.2) is 9.78 Å². The first-order valence-electron chi connectivity index (χ1n) is 9.28. The van der Waals surface area contributed by atoms with E-state index < -0.39 is 5.97 Å². The maximum Gasteiger partial charge on any atom is 0.331 e. The van der Waals surface area contributed by atoms with E-state index in [9.17, 15) is 9.90 Å². The molecule has 0 amide bonds. The van der Waals surface area contributed by atoms with Crippen molar-refractivity contribution < 1.29 is 9.90 Å². The molecule has 0 bridgehead atoms. The van der Waals surface area contributed by atoms with Gasteiger partial charge in [-0.05, 0) is 37.0 Å². The van der Waals surface area contributed by atoms with Crippen molar-refractivity contribution in [1.82, 2.24) is 9.55 Å². The molecule has 4 nitrogen and oxygen atoms in total. The SMILES string of the molecule is CCCC/C(=C/c1cnc(CCCC)n1Cc1ccccc1Cl)C(=O)O. The summed E-state index contributed by atoms with van der Waals surface area (Å²) in [6.45, 7) is 4.80. The van der Waals surface area contributed by atoms with Crippen molar-refractivity contribution in [1.29, 1.82) is 0 Å². The number of imidazole rings is 1. The Balaban J connectivity index is 2.40. The standard InChI is InChI=1S/C21H27ClN2O2/c1-3-5-9-16(21(25)26)13-18-14-23-20(12-6-4-2)24(18)15-17-10-7-8-11-19(17)22/h7-8,10-11,13-14H,3-6,9,12,15H2,1-2H3,(H,25,26)/b16-13-. The van der Waals surface area contributed by atoms with Crippen LogP contribution in [0, 0.1) is 0 Å². The van der Waals surface area contributed by atoms with Crippen LogP contribution in [-0.4, -0.2) is 20.6 Å². The van der Waals surface area contributed by atoms with E-state index >= 15 is 0 Å². The summed E-state index contributed by atoms with van der Waals surface area (Å²) in [5.41, 5.74) is 2.25. The van der Waals surface area contributed by atoms with E-state index in [0.29, 0.717) is 23.6 Å². The van der Waals surface area contributed by atoms with Crippen LogP contribution in [-0.2, 0) is 17.8 Å². The van der Waals surface area contributed by atoms with E-state index in [1.54, 1.807) is 12.3 Å². The number of benzene rings is 1. The molecule has 0 fully saturated rings. The van der Waals surface area contributed by atoms with Crippen molar-refractivity contribution >= 4 is 23.6 Å². The molecule has 1 aromatic carbocycles. The molecule has 0 aliphatic carbocycles. The molecule has 26 heavy (non-hydrogen) atoms. The van der Waals surface area contributed by atoms with E-state index in [1.807, 2.05) is 24.3 Å². The molecule has 0 saturated carbocycles. The quantitative estimate of drug-likeness (QED) is 0.552. The summed E-state index contributed by atoms with van der Waals surface area (Å²) < 4.78 is 2.09. The second-order valence-corrected chi connectivity index (χ2v) is 6.87. The first-order valence-corrected chi connectivity index (χ1v) is 9.66. The second-order valence-electron chi connectivity index (χ2n) is 6.46. The molecule has 2 rings (SSSR count). The van der Waals surface area contributed by atoms with Crippen LogP contribution in [0.1, 0.15) is 63.0 Å². The molecule has 2 aromatic rings. The van der Waals surface area contributed by atoms with Crippen molar-refractivity contribution in [2.24, 2.45) is 0 Å². The Morgan fingerprint density at radius 1 is 1.23 bits per heavy atom. The highest BCUT2D eigenvalue weighted by molar-refractivity contribution is 6.31. The first-order chi connectivity index (χ1) is 12.6. The molecule has 0 radical (unpaired) electrons. The third kappa shape index (κ3) is 5.46. The molecule has 0 saturated heterocycles. The van der Waals surface area contributed by atoms with E-state index in [0.717, 1.165) is 49.2 Å². The molecule has 1 N–H and O–H groups in total. The van der Waals surface area contributed by atoms with Gasteiger partial charge in [0.15, 0.2) is 0 Å². The minimum atomic E-state index is -0.862. The topological polar surface area (TPSA) is 55.1 Å². The first kappa shape index (κ1) is 20.2. The normalized spacial score (nSPS) is 11.7. The number of aryl methyl sites for hydroxylation is 1. The van der Waals surface area contributed by atoms with E-state index in [-0.39, 0.29) is 0 Å². The minimum absolute atomic E-state index is 0.425. The number of unbranched alkanes of at least 4 members (excludes halogenated alkanes) is 2. The maximum absolute atomic E-state index is 11.6.